The zero-order chi connectivity index (χ0) is 25.6. The minimum absolute atomic E-state index is 0.0694. The van der Waals surface area contributed by atoms with Crippen LogP contribution in [0.5, 0.6) is 0 Å². The fourth-order valence-corrected chi connectivity index (χ4v) is 6.27. The van der Waals surface area contributed by atoms with E-state index in [1.54, 1.807) is 16.8 Å². The van der Waals surface area contributed by atoms with Gasteiger partial charge in [0.2, 0.25) is 17.7 Å². The number of aliphatic hydroxyl groups excluding tert-OH is 1. The number of ether oxygens (including phenoxy) is 1. The molecule has 1 spiro atoms. The molecule has 192 valence electrons. The van der Waals surface area contributed by atoms with Crippen molar-refractivity contribution in [3.05, 3.63) is 54.6 Å². The molecule has 3 aliphatic heterocycles. The SMILES string of the molecule is O=C(NCn1nnc2ccccc21)C1N(CCCO)C(=O)[C@@H]2[C@@H](C(=O)Nc3ccccc3)[C@H]3CCC12O3. The van der Waals surface area contributed by atoms with Crippen LogP contribution < -0.4 is 10.6 Å². The van der Waals surface area contributed by atoms with E-state index in [9.17, 15) is 19.5 Å². The van der Waals surface area contributed by atoms with Crippen LogP contribution in [-0.2, 0) is 25.8 Å². The van der Waals surface area contributed by atoms with E-state index in [1.807, 2.05) is 42.5 Å². The lowest BCUT2D eigenvalue weighted by molar-refractivity contribution is -0.141. The van der Waals surface area contributed by atoms with Gasteiger partial charge in [0.05, 0.1) is 23.5 Å². The number of nitrogens with one attached hydrogen (secondary N) is 2. The van der Waals surface area contributed by atoms with Gasteiger partial charge in [-0.05, 0) is 43.5 Å². The summed E-state index contributed by atoms with van der Waals surface area (Å²) >= 11 is 0. The van der Waals surface area contributed by atoms with Crippen molar-refractivity contribution in [3.63, 3.8) is 0 Å². The Bertz CT molecular complexity index is 1350. The van der Waals surface area contributed by atoms with Gasteiger partial charge < -0.3 is 25.4 Å². The molecule has 2 bridgehead atoms. The molecular weight excluding hydrogens is 476 g/mol. The smallest absolute Gasteiger partial charge is 0.247 e. The monoisotopic (exact) mass is 504 g/mol. The second kappa shape index (κ2) is 9.24. The lowest BCUT2D eigenvalue weighted by Gasteiger charge is -2.33. The number of para-hydroxylation sites is 2. The highest BCUT2D eigenvalue weighted by Gasteiger charge is 2.74. The van der Waals surface area contributed by atoms with Crippen LogP contribution in [0.4, 0.5) is 5.69 Å². The number of hydrogen-bond donors (Lipinski definition) is 3. The number of rotatable bonds is 8. The Morgan fingerprint density at radius 3 is 2.70 bits per heavy atom. The third kappa shape index (κ3) is 3.77. The first-order chi connectivity index (χ1) is 18.0. The summed E-state index contributed by atoms with van der Waals surface area (Å²) in [4.78, 5) is 42.3. The molecule has 3 N–H and O–H groups in total. The second-order valence-electron chi connectivity index (χ2n) is 9.80. The van der Waals surface area contributed by atoms with E-state index in [0.29, 0.717) is 30.5 Å². The molecule has 0 radical (unpaired) electrons. The molecule has 2 unspecified atom stereocenters. The molecule has 2 aromatic carbocycles. The molecule has 3 saturated heterocycles. The molecule has 0 saturated carbocycles. The van der Waals surface area contributed by atoms with Crippen LogP contribution in [-0.4, -0.2) is 73.6 Å². The maximum absolute atomic E-state index is 13.7. The predicted molar refractivity (Wildman–Crippen MR) is 132 cm³/mol. The van der Waals surface area contributed by atoms with Crippen LogP contribution >= 0.6 is 0 Å². The number of likely N-dealkylation sites (tertiary alicyclic amines) is 1. The van der Waals surface area contributed by atoms with Gasteiger partial charge in [0.1, 0.15) is 23.8 Å². The molecule has 4 heterocycles. The molecule has 11 nitrogen and oxygen atoms in total. The van der Waals surface area contributed by atoms with Gasteiger partial charge in [-0.2, -0.15) is 0 Å². The van der Waals surface area contributed by atoms with Crippen LogP contribution in [0.2, 0.25) is 0 Å². The number of benzene rings is 2. The number of aliphatic hydroxyl groups is 1. The van der Waals surface area contributed by atoms with Crippen LogP contribution in [0.1, 0.15) is 19.3 Å². The minimum atomic E-state index is -1.09. The molecular formula is C26H28N6O5. The van der Waals surface area contributed by atoms with Gasteiger partial charge in [-0.1, -0.05) is 35.5 Å². The number of carbonyl (C=O) groups excluding carboxylic acids is 3. The van der Waals surface area contributed by atoms with Crippen LogP contribution in [0.25, 0.3) is 11.0 Å². The van der Waals surface area contributed by atoms with Crippen molar-refractivity contribution in [1.29, 1.82) is 0 Å². The molecule has 1 aromatic heterocycles. The summed E-state index contributed by atoms with van der Waals surface area (Å²) in [7, 11) is 0. The number of anilines is 1. The Labute approximate surface area is 212 Å². The Hall–Kier alpha value is -3.83. The third-order valence-corrected chi connectivity index (χ3v) is 7.77. The Balaban J connectivity index is 1.27. The summed E-state index contributed by atoms with van der Waals surface area (Å²) in [5.41, 5.74) is 1.03. The average Bonchev–Trinajstić information content (AvgIpc) is 3.66. The molecule has 3 aliphatic rings. The highest BCUT2D eigenvalue weighted by atomic mass is 16.5. The van der Waals surface area contributed by atoms with E-state index >= 15 is 0 Å². The third-order valence-electron chi connectivity index (χ3n) is 7.77. The van der Waals surface area contributed by atoms with E-state index in [2.05, 4.69) is 20.9 Å². The first-order valence-electron chi connectivity index (χ1n) is 12.5. The van der Waals surface area contributed by atoms with Gasteiger partial charge in [-0.3, -0.25) is 14.4 Å². The molecule has 37 heavy (non-hydrogen) atoms. The summed E-state index contributed by atoms with van der Waals surface area (Å²) in [5.74, 6) is -2.41. The molecule has 0 aliphatic carbocycles. The van der Waals surface area contributed by atoms with Crippen molar-refractivity contribution in [3.8, 4) is 0 Å². The molecule has 5 atom stereocenters. The van der Waals surface area contributed by atoms with Gasteiger partial charge in [0.25, 0.3) is 0 Å². The van der Waals surface area contributed by atoms with Crippen molar-refractivity contribution < 1.29 is 24.2 Å². The maximum atomic E-state index is 13.7. The maximum Gasteiger partial charge on any atom is 0.247 e. The Kier molecular flexibility index (Phi) is 5.88. The van der Waals surface area contributed by atoms with E-state index < -0.39 is 29.6 Å². The second-order valence-corrected chi connectivity index (χ2v) is 9.80. The number of hydrogen-bond acceptors (Lipinski definition) is 7. The van der Waals surface area contributed by atoms with Crippen molar-refractivity contribution in [2.24, 2.45) is 11.8 Å². The largest absolute Gasteiger partial charge is 0.396 e. The normalized spacial score (nSPS) is 28.0. The zero-order valence-corrected chi connectivity index (χ0v) is 20.1. The summed E-state index contributed by atoms with van der Waals surface area (Å²) in [5, 5.41) is 23.5. The fraction of sp³-hybridized carbons (Fsp3) is 0.423. The van der Waals surface area contributed by atoms with E-state index in [0.717, 1.165) is 5.52 Å². The molecule has 6 rings (SSSR count). The lowest BCUT2D eigenvalue weighted by Crippen LogP contribution is -2.55. The van der Waals surface area contributed by atoms with Crippen molar-refractivity contribution in [2.75, 3.05) is 18.5 Å². The standard InChI is InChI=1S/C26H28N6O5/c33-14-6-13-31-22(24(35)27-15-32-18-10-5-4-9-17(18)29-30-32)26-12-11-19(37-26)20(21(26)25(31)36)23(34)28-16-7-2-1-3-8-16/h1-5,7-10,19-22,33H,6,11-15H2,(H,27,35)(H,28,34)/t19-,20+,21+,22?,26?/m1/s1. The summed E-state index contributed by atoms with van der Waals surface area (Å²) in [6.07, 6.45) is 0.966. The molecule has 11 heteroatoms. The van der Waals surface area contributed by atoms with Gasteiger partial charge in [0, 0.05) is 18.8 Å². The number of nitrogens with zero attached hydrogens (tertiary/aromatic N) is 4. The molecule has 3 aromatic rings. The Morgan fingerprint density at radius 1 is 1.11 bits per heavy atom. The topological polar surface area (TPSA) is 139 Å². The van der Waals surface area contributed by atoms with Crippen LogP contribution in [0, 0.1) is 11.8 Å². The van der Waals surface area contributed by atoms with Crippen molar-refractivity contribution >= 4 is 34.4 Å². The molecule has 3 amide bonds. The molecule has 3 fully saturated rings. The van der Waals surface area contributed by atoms with E-state index in [1.165, 1.54) is 4.90 Å². The van der Waals surface area contributed by atoms with Crippen molar-refractivity contribution in [1.82, 2.24) is 25.2 Å². The average molecular weight is 505 g/mol. The number of amides is 3. The minimum Gasteiger partial charge on any atom is -0.396 e. The van der Waals surface area contributed by atoms with Crippen molar-refractivity contribution in [2.45, 2.75) is 43.7 Å². The fourth-order valence-electron chi connectivity index (χ4n) is 6.27. The van der Waals surface area contributed by atoms with Crippen LogP contribution in [0.3, 0.4) is 0 Å². The zero-order valence-electron chi connectivity index (χ0n) is 20.1. The Morgan fingerprint density at radius 2 is 1.89 bits per heavy atom. The number of carbonyl (C=O) groups is 3. The van der Waals surface area contributed by atoms with Gasteiger partial charge in [-0.15, -0.1) is 5.10 Å². The summed E-state index contributed by atoms with van der Waals surface area (Å²) < 4.78 is 7.98. The van der Waals surface area contributed by atoms with Gasteiger partial charge in [-0.25, -0.2) is 4.68 Å². The van der Waals surface area contributed by atoms with E-state index in [-0.39, 0.29) is 37.5 Å². The number of aromatic nitrogens is 3. The quantitative estimate of drug-likeness (QED) is 0.414. The van der Waals surface area contributed by atoms with Gasteiger partial charge >= 0.3 is 0 Å². The predicted octanol–water partition coefficient (Wildman–Crippen LogP) is 0.901. The summed E-state index contributed by atoms with van der Waals surface area (Å²) in [6, 6.07) is 15.6. The first kappa shape index (κ1) is 23.6. The lowest BCUT2D eigenvalue weighted by atomic mass is 9.70. The van der Waals surface area contributed by atoms with Gasteiger partial charge in [0.15, 0.2) is 0 Å². The van der Waals surface area contributed by atoms with Crippen LogP contribution in [0.15, 0.2) is 54.6 Å². The highest BCUT2D eigenvalue weighted by Crippen LogP contribution is 2.58. The van der Waals surface area contributed by atoms with E-state index in [4.69, 9.17) is 4.74 Å². The first-order valence-corrected chi connectivity index (χ1v) is 12.5. The summed E-state index contributed by atoms with van der Waals surface area (Å²) in [6.45, 7) is 0.140. The number of fused-ring (bicyclic) bond motifs is 2. The highest BCUT2D eigenvalue weighted by molar-refractivity contribution is 6.02.